The maximum absolute atomic E-state index is 13.0. The highest BCUT2D eigenvalue weighted by Crippen LogP contribution is 2.27. The third-order valence-electron chi connectivity index (χ3n) is 6.52. The van der Waals surface area contributed by atoms with Crippen molar-refractivity contribution < 1.29 is 9.90 Å². The number of carbonyl (C=O) groups excluding carboxylic acids is 1. The summed E-state index contributed by atoms with van der Waals surface area (Å²) in [4.78, 5) is 29.3. The highest BCUT2D eigenvalue weighted by Gasteiger charge is 2.19. The van der Waals surface area contributed by atoms with Gasteiger partial charge in [-0.25, -0.2) is 0 Å². The standard InChI is InChI=1S/C28H40N4O3S/c1-3-4-8-21(2)32(25(34)15-18-29-16-13-22-9-6-5-7-10-22)20-19-30-17-14-23-11-12-24(33)26-27(23)36-28(35)31-26/h5-7,9-12,21,29-30,33H,3-4,8,13-20H2,1-2H3,(H,31,35)/t21-/m1/s1. The summed E-state index contributed by atoms with van der Waals surface area (Å²) >= 11 is 1.13. The Morgan fingerprint density at radius 3 is 2.58 bits per heavy atom. The molecule has 4 N–H and O–H groups in total. The molecule has 0 aliphatic heterocycles. The molecule has 0 fully saturated rings. The van der Waals surface area contributed by atoms with Crippen molar-refractivity contribution in [3.05, 3.63) is 63.3 Å². The summed E-state index contributed by atoms with van der Waals surface area (Å²) in [5, 5.41) is 16.8. The molecule has 8 heteroatoms. The molecule has 0 aliphatic rings. The molecule has 1 aromatic heterocycles. The zero-order valence-corrected chi connectivity index (χ0v) is 22.3. The van der Waals surface area contributed by atoms with Gasteiger partial charge in [0.25, 0.3) is 0 Å². The molecule has 0 unspecified atom stereocenters. The van der Waals surface area contributed by atoms with Crippen LogP contribution in [-0.4, -0.2) is 59.7 Å². The molecule has 0 spiro atoms. The average Bonchev–Trinajstić information content (AvgIpc) is 3.28. The second-order valence-electron chi connectivity index (χ2n) is 9.28. The van der Waals surface area contributed by atoms with E-state index in [1.54, 1.807) is 6.07 Å². The summed E-state index contributed by atoms with van der Waals surface area (Å²) in [6.07, 6.45) is 5.46. The molecule has 2 aromatic carbocycles. The van der Waals surface area contributed by atoms with Crippen LogP contribution in [0.2, 0.25) is 0 Å². The number of nitrogens with one attached hydrogen (secondary N) is 3. The molecule has 0 aliphatic carbocycles. The van der Waals surface area contributed by atoms with Crippen LogP contribution in [0.1, 0.15) is 50.7 Å². The third-order valence-corrected chi connectivity index (χ3v) is 7.47. The second-order valence-corrected chi connectivity index (χ2v) is 10.3. The number of phenolic OH excluding ortho intramolecular Hbond substituents is 1. The number of nitrogens with zero attached hydrogens (tertiary/aromatic N) is 1. The SMILES string of the molecule is CCCC[C@@H](C)N(CCNCCc1ccc(O)c2[nH]c(=O)sc12)C(=O)CCNCCc1ccccc1. The Labute approximate surface area is 217 Å². The normalized spacial score (nSPS) is 12.2. The van der Waals surface area contributed by atoms with E-state index < -0.39 is 0 Å². The molecule has 0 radical (unpaired) electrons. The number of hydrogen-bond acceptors (Lipinski definition) is 6. The van der Waals surface area contributed by atoms with E-state index in [2.05, 4.69) is 53.7 Å². The number of benzene rings is 2. The van der Waals surface area contributed by atoms with Crippen molar-refractivity contribution in [1.29, 1.82) is 0 Å². The van der Waals surface area contributed by atoms with Gasteiger partial charge in [-0.05, 0) is 56.5 Å². The smallest absolute Gasteiger partial charge is 0.305 e. The fourth-order valence-corrected chi connectivity index (χ4v) is 5.30. The van der Waals surface area contributed by atoms with Crippen LogP contribution in [0, 0.1) is 0 Å². The van der Waals surface area contributed by atoms with E-state index in [1.807, 2.05) is 17.0 Å². The van der Waals surface area contributed by atoms with Crippen LogP contribution >= 0.6 is 11.3 Å². The summed E-state index contributed by atoms with van der Waals surface area (Å²) < 4.78 is 0.812. The number of H-pyrrole nitrogens is 1. The fraction of sp³-hybridized carbons (Fsp3) is 0.500. The highest BCUT2D eigenvalue weighted by molar-refractivity contribution is 7.16. The van der Waals surface area contributed by atoms with Crippen LogP contribution < -0.4 is 15.5 Å². The number of thiazole rings is 1. The summed E-state index contributed by atoms with van der Waals surface area (Å²) in [7, 11) is 0. The largest absolute Gasteiger partial charge is 0.506 e. The lowest BCUT2D eigenvalue weighted by Gasteiger charge is -2.30. The molecule has 7 nitrogen and oxygen atoms in total. The van der Waals surface area contributed by atoms with Crippen LogP contribution in [0.5, 0.6) is 5.75 Å². The van der Waals surface area contributed by atoms with Gasteiger partial charge in [-0.2, -0.15) is 0 Å². The van der Waals surface area contributed by atoms with Gasteiger partial charge in [0.1, 0.15) is 11.3 Å². The number of fused-ring (bicyclic) bond motifs is 1. The van der Waals surface area contributed by atoms with Crippen LogP contribution in [0.25, 0.3) is 10.2 Å². The lowest BCUT2D eigenvalue weighted by Crippen LogP contribution is -2.43. The summed E-state index contributed by atoms with van der Waals surface area (Å²) in [6, 6.07) is 14.1. The van der Waals surface area contributed by atoms with Gasteiger partial charge < -0.3 is 25.6 Å². The molecule has 196 valence electrons. The van der Waals surface area contributed by atoms with Gasteiger partial charge >= 0.3 is 4.87 Å². The second kappa shape index (κ2) is 14.8. The molecule has 1 atom stereocenters. The molecule has 0 saturated carbocycles. The molecule has 3 aromatic rings. The first-order chi connectivity index (χ1) is 17.5. The lowest BCUT2D eigenvalue weighted by atomic mass is 10.1. The zero-order valence-electron chi connectivity index (χ0n) is 21.5. The minimum absolute atomic E-state index is 0.102. The van der Waals surface area contributed by atoms with Crippen LogP contribution in [-0.2, 0) is 17.6 Å². The van der Waals surface area contributed by atoms with E-state index >= 15 is 0 Å². The molecular weight excluding hydrogens is 472 g/mol. The quantitative estimate of drug-likeness (QED) is 0.217. The summed E-state index contributed by atoms with van der Waals surface area (Å²) in [6.45, 7) is 8.01. The van der Waals surface area contributed by atoms with Gasteiger partial charge in [0.2, 0.25) is 5.91 Å². The Kier molecular flexibility index (Phi) is 11.5. The van der Waals surface area contributed by atoms with E-state index in [1.165, 1.54) is 5.56 Å². The molecule has 1 amide bonds. The number of carbonyl (C=O) groups is 1. The van der Waals surface area contributed by atoms with E-state index in [-0.39, 0.29) is 22.6 Å². The maximum Gasteiger partial charge on any atom is 0.305 e. The van der Waals surface area contributed by atoms with Gasteiger partial charge in [0.15, 0.2) is 0 Å². The van der Waals surface area contributed by atoms with Crippen molar-refractivity contribution in [2.24, 2.45) is 0 Å². The van der Waals surface area contributed by atoms with Crippen molar-refractivity contribution in [1.82, 2.24) is 20.5 Å². The minimum atomic E-state index is -0.162. The number of amides is 1. The number of aromatic hydroxyl groups is 1. The molecule has 36 heavy (non-hydrogen) atoms. The number of phenols is 1. The van der Waals surface area contributed by atoms with Gasteiger partial charge in [-0.1, -0.05) is 67.5 Å². The molecule has 0 bridgehead atoms. The van der Waals surface area contributed by atoms with Crippen LogP contribution in [0.15, 0.2) is 47.3 Å². The molecular formula is C28H40N4O3S. The molecule has 1 heterocycles. The molecule has 0 saturated heterocycles. The highest BCUT2D eigenvalue weighted by atomic mass is 32.1. The number of aromatic nitrogens is 1. The van der Waals surface area contributed by atoms with Crippen molar-refractivity contribution in [3.8, 4) is 5.75 Å². The lowest BCUT2D eigenvalue weighted by molar-refractivity contribution is -0.133. The monoisotopic (exact) mass is 512 g/mol. The number of unbranched alkanes of at least 4 members (excludes halogenated alkanes) is 1. The first-order valence-electron chi connectivity index (χ1n) is 13.1. The van der Waals surface area contributed by atoms with Crippen LogP contribution in [0.4, 0.5) is 0 Å². The predicted molar refractivity (Wildman–Crippen MR) is 149 cm³/mol. The number of hydrogen-bond donors (Lipinski definition) is 4. The van der Waals surface area contributed by atoms with Gasteiger partial charge in [0, 0.05) is 32.1 Å². The Bertz CT molecular complexity index is 1130. The van der Waals surface area contributed by atoms with E-state index in [9.17, 15) is 14.7 Å². The maximum atomic E-state index is 13.0. The summed E-state index contributed by atoms with van der Waals surface area (Å²) in [5.41, 5.74) is 2.85. The number of rotatable bonds is 16. The number of aromatic amines is 1. The predicted octanol–water partition coefficient (Wildman–Crippen LogP) is 4.06. The topological polar surface area (TPSA) is 97.5 Å². The van der Waals surface area contributed by atoms with E-state index in [4.69, 9.17) is 0 Å². The summed E-state index contributed by atoms with van der Waals surface area (Å²) in [5.74, 6) is 0.301. The first-order valence-corrected chi connectivity index (χ1v) is 13.9. The Morgan fingerprint density at radius 1 is 1.06 bits per heavy atom. The van der Waals surface area contributed by atoms with Crippen molar-refractivity contribution >= 4 is 27.5 Å². The van der Waals surface area contributed by atoms with E-state index in [0.717, 1.165) is 66.8 Å². The van der Waals surface area contributed by atoms with Crippen molar-refractivity contribution in [3.63, 3.8) is 0 Å². The zero-order chi connectivity index (χ0) is 25.8. The van der Waals surface area contributed by atoms with E-state index in [0.29, 0.717) is 31.6 Å². The Morgan fingerprint density at radius 2 is 1.81 bits per heavy atom. The van der Waals surface area contributed by atoms with Crippen molar-refractivity contribution in [2.75, 3.05) is 32.7 Å². The van der Waals surface area contributed by atoms with Gasteiger partial charge in [-0.15, -0.1) is 0 Å². The average molecular weight is 513 g/mol. The fourth-order valence-electron chi connectivity index (χ4n) is 4.41. The molecule has 3 rings (SSSR count). The Hall–Kier alpha value is -2.68. The van der Waals surface area contributed by atoms with Gasteiger partial charge in [-0.3, -0.25) is 9.59 Å². The van der Waals surface area contributed by atoms with Gasteiger partial charge in [0.05, 0.1) is 4.70 Å². The Balaban J connectivity index is 1.43. The third kappa shape index (κ3) is 8.47. The van der Waals surface area contributed by atoms with Crippen molar-refractivity contribution in [2.45, 2.75) is 58.4 Å². The minimum Gasteiger partial charge on any atom is -0.506 e. The first kappa shape index (κ1) is 27.9. The van der Waals surface area contributed by atoms with Crippen LogP contribution in [0.3, 0.4) is 0 Å².